The Labute approximate surface area is 125 Å². The first-order valence-electron chi connectivity index (χ1n) is 6.26. The van der Waals surface area contributed by atoms with Crippen molar-refractivity contribution in [1.82, 2.24) is 9.78 Å². The van der Waals surface area contributed by atoms with E-state index in [1.54, 1.807) is 17.7 Å². The average molecular weight is 342 g/mol. The third kappa shape index (κ3) is 3.02. The van der Waals surface area contributed by atoms with Gasteiger partial charge in [-0.15, -0.1) is 0 Å². The molecule has 0 amide bonds. The van der Waals surface area contributed by atoms with E-state index < -0.39 is 0 Å². The van der Waals surface area contributed by atoms with E-state index in [2.05, 4.69) is 21.0 Å². The summed E-state index contributed by atoms with van der Waals surface area (Å²) in [5.74, 6) is 0.273. The highest BCUT2D eigenvalue weighted by Crippen LogP contribution is 2.27. The third-order valence-corrected chi connectivity index (χ3v) is 4.12. The zero-order valence-corrected chi connectivity index (χ0v) is 13.2. The lowest BCUT2D eigenvalue weighted by Crippen LogP contribution is -2.10. The summed E-state index contributed by atoms with van der Waals surface area (Å²) in [6.07, 6.45) is 0. The van der Waals surface area contributed by atoms with Crippen LogP contribution in [0.15, 0.2) is 22.7 Å². The zero-order valence-electron chi connectivity index (χ0n) is 11.7. The standard InChI is InChI=1S/C14H17BrFN3O/c1-8(17)11-6-10(16)4-5-13(11)20-7-12-14(15)9(2)18-19(12)3/h4-6,8H,7,17H2,1-3H3/t8-/m0/s1. The number of nitrogens with two attached hydrogens (primary N) is 1. The lowest BCUT2D eigenvalue weighted by atomic mass is 10.1. The van der Waals surface area contributed by atoms with Gasteiger partial charge in [-0.3, -0.25) is 4.68 Å². The van der Waals surface area contributed by atoms with Gasteiger partial charge in [0.25, 0.3) is 0 Å². The smallest absolute Gasteiger partial charge is 0.131 e. The fraction of sp³-hybridized carbons (Fsp3) is 0.357. The largest absolute Gasteiger partial charge is 0.487 e. The molecule has 0 unspecified atom stereocenters. The summed E-state index contributed by atoms with van der Waals surface area (Å²) in [5.41, 5.74) is 8.32. The quantitative estimate of drug-likeness (QED) is 0.928. The van der Waals surface area contributed by atoms with Crippen LogP contribution in [-0.2, 0) is 13.7 Å². The number of ether oxygens (including phenoxy) is 1. The van der Waals surface area contributed by atoms with Crippen LogP contribution in [-0.4, -0.2) is 9.78 Å². The lowest BCUT2D eigenvalue weighted by Gasteiger charge is -2.14. The normalized spacial score (nSPS) is 12.5. The fourth-order valence-electron chi connectivity index (χ4n) is 1.99. The summed E-state index contributed by atoms with van der Waals surface area (Å²) < 4.78 is 21.7. The number of halogens is 2. The predicted octanol–water partition coefficient (Wildman–Crippen LogP) is 3.23. The number of nitrogens with zero attached hydrogens (tertiary/aromatic N) is 2. The Kier molecular flexibility index (Phi) is 4.45. The molecule has 4 nitrogen and oxygen atoms in total. The molecule has 0 aliphatic rings. The van der Waals surface area contributed by atoms with Gasteiger partial charge in [0, 0.05) is 18.7 Å². The zero-order chi connectivity index (χ0) is 14.9. The highest BCUT2D eigenvalue weighted by molar-refractivity contribution is 9.10. The van der Waals surface area contributed by atoms with Gasteiger partial charge in [0.15, 0.2) is 0 Å². The van der Waals surface area contributed by atoms with Crippen molar-refractivity contribution in [3.63, 3.8) is 0 Å². The number of rotatable bonds is 4. The van der Waals surface area contributed by atoms with Gasteiger partial charge in [-0.1, -0.05) is 0 Å². The molecule has 2 rings (SSSR count). The number of hydrogen-bond acceptors (Lipinski definition) is 3. The van der Waals surface area contributed by atoms with Crippen LogP contribution in [0.4, 0.5) is 4.39 Å². The minimum atomic E-state index is -0.317. The molecule has 0 aliphatic heterocycles. The van der Waals surface area contributed by atoms with Gasteiger partial charge in [0.05, 0.1) is 15.9 Å². The third-order valence-electron chi connectivity index (χ3n) is 3.09. The van der Waals surface area contributed by atoms with Crippen molar-refractivity contribution in [3.8, 4) is 5.75 Å². The summed E-state index contributed by atoms with van der Waals surface area (Å²) in [5, 5.41) is 4.30. The summed E-state index contributed by atoms with van der Waals surface area (Å²) in [6.45, 7) is 4.05. The second-order valence-corrected chi connectivity index (χ2v) is 5.52. The first-order valence-corrected chi connectivity index (χ1v) is 7.05. The van der Waals surface area contributed by atoms with Crippen LogP contribution in [0.2, 0.25) is 0 Å². The van der Waals surface area contributed by atoms with Crippen molar-refractivity contribution in [2.75, 3.05) is 0 Å². The molecule has 0 spiro atoms. The van der Waals surface area contributed by atoms with Crippen LogP contribution >= 0.6 is 15.9 Å². The molecule has 0 bridgehead atoms. The van der Waals surface area contributed by atoms with Gasteiger partial charge in [0.1, 0.15) is 18.2 Å². The Morgan fingerprint density at radius 2 is 2.20 bits per heavy atom. The molecule has 1 aromatic carbocycles. The van der Waals surface area contributed by atoms with Gasteiger partial charge < -0.3 is 10.5 Å². The monoisotopic (exact) mass is 341 g/mol. The Morgan fingerprint density at radius 1 is 1.50 bits per heavy atom. The summed E-state index contributed by atoms with van der Waals surface area (Å²) in [6, 6.07) is 4.08. The molecular weight excluding hydrogens is 325 g/mol. The number of aryl methyl sites for hydroxylation is 2. The van der Waals surface area contributed by atoms with Crippen LogP contribution in [0.1, 0.15) is 29.9 Å². The molecule has 0 fully saturated rings. The van der Waals surface area contributed by atoms with Gasteiger partial charge in [-0.2, -0.15) is 5.10 Å². The highest BCUT2D eigenvalue weighted by atomic mass is 79.9. The van der Waals surface area contributed by atoms with Crippen LogP contribution in [0.5, 0.6) is 5.75 Å². The summed E-state index contributed by atoms with van der Waals surface area (Å²) >= 11 is 3.49. The molecule has 1 aromatic heterocycles. The lowest BCUT2D eigenvalue weighted by molar-refractivity contribution is 0.289. The molecule has 1 heterocycles. The van der Waals surface area contributed by atoms with Gasteiger partial charge in [-0.25, -0.2) is 4.39 Å². The maximum atomic E-state index is 13.3. The molecule has 2 aromatic rings. The van der Waals surface area contributed by atoms with E-state index in [9.17, 15) is 4.39 Å². The van der Waals surface area contributed by atoms with E-state index in [0.717, 1.165) is 15.9 Å². The molecule has 1 atom stereocenters. The molecule has 20 heavy (non-hydrogen) atoms. The first-order chi connectivity index (χ1) is 9.40. The molecule has 2 N–H and O–H groups in total. The highest BCUT2D eigenvalue weighted by Gasteiger charge is 2.14. The van der Waals surface area contributed by atoms with Gasteiger partial charge >= 0.3 is 0 Å². The summed E-state index contributed by atoms with van der Waals surface area (Å²) in [7, 11) is 1.85. The Bertz CT molecular complexity index is 625. The van der Waals surface area contributed by atoms with Crippen LogP contribution in [0.25, 0.3) is 0 Å². The topological polar surface area (TPSA) is 53.1 Å². The Hall–Kier alpha value is -1.40. The van der Waals surface area contributed by atoms with Crippen molar-refractivity contribution in [2.45, 2.75) is 26.5 Å². The maximum Gasteiger partial charge on any atom is 0.131 e. The van der Waals surface area contributed by atoms with E-state index in [0.29, 0.717) is 17.9 Å². The Balaban J connectivity index is 2.23. The second kappa shape index (κ2) is 5.93. The SMILES string of the molecule is Cc1nn(C)c(COc2ccc(F)cc2[C@H](C)N)c1Br. The maximum absolute atomic E-state index is 13.3. The van der Waals surface area contributed by atoms with Crippen LogP contribution in [0.3, 0.4) is 0 Å². The van der Waals surface area contributed by atoms with Crippen molar-refractivity contribution < 1.29 is 9.13 Å². The molecule has 6 heteroatoms. The minimum absolute atomic E-state index is 0.294. The van der Waals surface area contributed by atoms with Crippen molar-refractivity contribution >= 4 is 15.9 Å². The van der Waals surface area contributed by atoms with Crippen LogP contribution < -0.4 is 10.5 Å². The molecular formula is C14H17BrFN3O. The fourth-order valence-corrected chi connectivity index (χ4v) is 2.44. The molecule has 0 saturated heterocycles. The van der Waals surface area contributed by atoms with Crippen molar-refractivity contribution in [2.24, 2.45) is 12.8 Å². The number of benzene rings is 1. The van der Waals surface area contributed by atoms with E-state index in [4.69, 9.17) is 10.5 Å². The summed E-state index contributed by atoms with van der Waals surface area (Å²) in [4.78, 5) is 0. The number of aromatic nitrogens is 2. The van der Waals surface area contributed by atoms with Gasteiger partial charge in [-0.05, 0) is 48.0 Å². The predicted molar refractivity (Wildman–Crippen MR) is 79.0 cm³/mol. The van der Waals surface area contributed by atoms with Crippen LogP contribution in [0, 0.1) is 12.7 Å². The van der Waals surface area contributed by atoms with Crippen molar-refractivity contribution in [3.05, 3.63) is 45.4 Å². The second-order valence-electron chi connectivity index (χ2n) is 4.73. The molecule has 0 aliphatic carbocycles. The first kappa shape index (κ1) is 15.0. The number of hydrogen-bond donors (Lipinski definition) is 1. The molecule has 0 saturated carbocycles. The van der Waals surface area contributed by atoms with Crippen molar-refractivity contribution in [1.29, 1.82) is 0 Å². The van der Waals surface area contributed by atoms with Gasteiger partial charge in [0.2, 0.25) is 0 Å². The Morgan fingerprint density at radius 3 is 2.75 bits per heavy atom. The molecule has 0 radical (unpaired) electrons. The minimum Gasteiger partial charge on any atom is -0.487 e. The average Bonchev–Trinajstić information content (AvgIpc) is 2.62. The van der Waals surface area contributed by atoms with E-state index >= 15 is 0 Å². The van der Waals surface area contributed by atoms with E-state index in [-0.39, 0.29) is 11.9 Å². The molecule has 108 valence electrons. The van der Waals surface area contributed by atoms with E-state index in [1.165, 1.54) is 12.1 Å². The van der Waals surface area contributed by atoms with E-state index in [1.807, 2.05) is 14.0 Å².